The highest BCUT2D eigenvalue weighted by atomic mass is 35.5. The zero-order valence-electron chi connectivity index (χ0n) is 7.68. The molecule has 0 amide bonds. The molecule has 0 aromatic carbocycles. The monoisotopic (exact) mass is 222 g/mol. The van der Waals surface area contributed by atoms with Crippen molar-refractivity contribution in [1.29, 1.82) is 0 Å². The van der Waals surface area contributed by atoms with E-state index in [2.05, 4.69) is 15.0 Å². The number of carbonyl (C=O) groups is 1. The van der Waals surface area contributed by atoms with Gasteiger partial charge in [-0.2, -0.15) is 0 Å². The first-order valence-corrected chi connectivity index (χ1v) is 4.81. The van der Waals surface area contributed by atoms with Crippen LogP contribution in [0.5, 0.6) is 0 Å². The molecule has 15 heavy (non-hydrogen) atoms. The van der Waals surface area contributed by atoms with E-state index < -0.39 is 5.97 Å². The highest BCUT2D eigenvalue weighted by molar-refractivity contribution is 6.38. The van der Waals surface area contributed by atoms with Gasteiger partial charge in [-0.25, -0.2) is 4.79 Å². The lowest BCUT2D eigenvalue weighted by Crippen LogP contribution is -2.06. The van der Waals surface area contributed by atoms with E-state index in [1.54, 1.807) is 24.5 Å². The van der Waals surface area contributed by atoms with Crippen LogP contribution in [-0.2, 0) is 9.63 Å². The Balaban J connectivity index is 2.34. The number of hydrogen-bond donors (Lipinski definition) is 0. The van der Waals surface area contributed by atoms with E-state index in [9.17, 15) is 4.79 Å². The number of nitrogens with zero attached hydrogens (tertiary/aromatic N) is 2. The normalized spacial score (nSPS) is 17.8. The Morgan fingerprint density at radius 1 is 1.53 bits per heavy atom. The third-order valence-electron chi connectivity index (χ3n) is 1.89. The van der Waals surface area contributed by atoms with E-state index in [4.69, 9.17) is 11.6 Å². The number of rotatable bonds is 2. The van der Waals surface area contributed by atoms with Gasteiger partial charge in [0, 0.05) is 12.4 Å². The van der Waals surface area contributed by atoms with Crippen molar-refractivity contribution < 1.29 is 9.63 Å². The predicted molar refractivity (Wildman–Crippen MR) is 56.5 cm³/mol. The quantitative estimate of drug-likeness (QED) is 0.434. The number of halogens is 1. The van der Waals surface area contributed by atoms with Crippen LogP contribution in [0.3, 0.4) is 0 Å². The molecule has 2 rings (SSSR count). The van der Waals surface area contributed by atoms with Crippen molar-refractivity contribution >= 4 is 29.4 Å². The first-order chi connectivity index (χ1) is 7.31. The van der Waals surface area contributed by atoms with Gasteiger partial charge in [0.15, 0.2) is 0 Å². The van der Waals surface area contributed by atoms with Crippen LogP contribution in [0.1, 0.15) is 5.56 Å². The average Bonchev–Trinajstić information content (AvgIpc) is 2.62. The smallest absolute Gasteiger partial charge is 0.312 e. The Morgan fingerprint density at radius 3 is 3.07 bits per heavy atom. The second kappa shape index (κ2) is 4.23. The molecule has 1 aliphatic rings. The zero-order valence-corrected chi connectivity index (χ0v) is 8.44. The third-order valence-corrected chi connectivity index (χ3v) is 2.14. The molecule has 0 saturated carbocycles. The van der Waals surface area contributed by atoms with Gasteiger partial charge in [-0.05, 0) is 17.7 Å². The first-order valence-electron chi connectivity index (χ1n) is 4.27. The summed E-state index contributed by atoms with van der Waals surface area (Å²) in [6.07, 6.45) is 4.96. The van der Waals surface area contributed by atoms with Crippen LogP contribution in [-0.4, -0.2) is 22.5 Å². The minimum absolute atomic E-state index is 0.151. The molecule has 0 radical (unpaired) electrons. The average molecular weight is 223 g/mol. The zero-order chi connectivity index (χ0) is 10.7. The summed E-state index contributed by atoms with van der Waals surface area (Å²) in [5, 5.41) is 3.56. The SMILES string of the molecule is O=C1ON=C(CCl)/C1=C\c1cccnc1. The summed E-state index contributed by atoms with van der Waals surface area (Å²) in [4.78, 5) is 19.7. The Hall–Kier alpha value is -1.68. The van der Waals surface area contributed by atoms with Crippen molar-refractivity contribution in [2.75, 3.05) is 5.88 Å². The van der Waals surface area contributed by atoms with Gasteiger partial charge in [0.25, 0.3) is 0 Å². The summed E-state index contributed by atoms with van der Waals surface area (Å²) < 4.78 is 0. The van der Waals surface area contributed by atoms with Gasteiger partial charge in [-0.15, -0.1) is 11.6 Å². The molecule has 1 aromatic heterocycles. The molecular formula is C10H7ClN2O2. The maximum Gasteiger partial charge on any atom is 0.367 e. The molecule has 5 heteroatoms. The van der Waals surface area contributed by atoms with Crippen molar-refractivity contribution in [2.45, 2.75) is 0 Å². The van der Waals surface area contributed by atoms with Crippen LogP contribution < -0.4 is 0 Å². The summed E-state index contributed by atoms with van der Waals surface area (Å²) in [5.74, 6) is -0.327. The lowest BCUT2D eigenvalue weighted by molar-refractivity contribution is -0.136. The van der Waals surface area contributed by atoms with Crippen molar-refractivity contribution in [3.8, 4) is 0 Å². The molecule has 76 valence electrons. The maximum absolute atomic E-state index is 11.3. The first kappa shape index (κ1) is 9.86. The fourth-order valence-corrected chi connectivity index (χ4v) is 1.37. The highest BCUT2D eigenvalue weighted by Crippen LogP contribution is 2.15. The molecule has 0 aliphatic carbocycles. The minimum atomic E-state index is -0.477. The van der Waals surface area contributed by atoms with Crippen LogP contribution in [0.2, 0.25) is 0 Å². The number of alkyl halides is 1. The molecule has 0 bridgehead atoms. The van der Waals surface area contributed by atoms with Gasteiger partial charge in [0.2, 0.25) is 0 Å². The van der Waals surface area contributed by atoms with E-state index in [0.717, 1.165) is 5.56 Å². The Labute approximate surface area is 91.2 Å². The van der Waals surface area contributed by atoms with Crippen molar-refractivity contribution in [1.82, 2.24) is 4.98 Å². The number of pyridine rings is 1. The fraction of sp³-hybridized carbons (Fsp3) is 0.100. The van der Waals surface area contributed by atoms with E-state index in [1.165, 1.54) is 0 Å². The van der Waals surface area contributed by atoms with Crippen LogP contribution in [0, 0.1) is 0 Å². The molecule has 0 unspecified atom stereocenters. The van der Waals surface area contributed by atoms with Gasteiger partial charge < -0.3 is 4.84 Å². The standard InChI is InChI=1S/C10H7ClN2O2/c11-5-9-8(10(14)15-13-9)4-7-2-1-3-12-6-7/h1-4,6H,5H2/b8-4+. The highest BCUT2D eigenvalue weighted by Gasteiger charge is 2.24. The molecule has 0 saturated heterocycles. The number of hydrogen-bond acceptors (Lipinski definition) is 4. The molecule has 0 atom stereocenters. The minimum Gasteiger partial charge on any atom is -0.312 e. The molecule has 1 aliphatic heterocycles. The van der Waals surface area contributed by atoms with Crippen LogP contribution in [0.25, 0.3) is 6.08 Å². The Bertz CT molecular complexity index is 440. The fourth-order valence-electron chi connectivity index (χ4n) is 1.18. The van der Waals surface area contributed by atoms with Gasteiger partial charge in [-0.3, -0.25) is 4.98 Å². The van der Waals surface area contributed by atoms with E-state index in [0.29, 0.717) is 11.3 Å². The summed E-state index contributed by atoms with van der Waals surface area (Å²) in [5.41, 5.74) is 1.65. The lowest BCUT2D eigenvalue weighted by Gasteiger charge is -1.95. The van der Waals surface area contributed by atoms with Crippen molar-refractivity contribution in [3.63, 3.8) is 0 Å². The molecule has 4 nitrogen and oxygen atoms in total. The second-order valence-electron chi connectivity index (χ2n) is 2.89. The van der Waals surface area contributed by atoms with Crippen molar-refractivity contribution in [3.05, 3.63) is 35.7 Å². The van der Waals surface area contributed by atoms with Crippen LogP contribution in [0.15, 0.2) is 35.3 Å². The van der Waals surface area contributed by atoms with Gasteiger partial charge in [0.05, 0.1) is 11.5 Å². The summed E-state index contributed by atoms with van der Waals surface area (Å²) in [6.45, 7) is 0. The van der Waals surface area contributed by atoms with Gasteiger partial charge in [0.1, 0.15) is 5.71 Å². The van der Waals surface area contributed by atoms with Crippen LogP contribution >= 0.6 is 11.6 Å². The Kier molecular flexibility index (Phi) is 2.78. The second-order valence-corrected chi connectivity index (χ2v) is 3.16. The predicted octanol–water partition coefficient (Wildman–Crippen LogP) is 1.62. The number of aromatic nitrogens is 1. The maximum atomic E-state index is 11.3. The summed E-state index contributed by atoms with van der Waals surface area (Å²) in [6, 6.07) is 3.61. The Morgan fingerprint density at radius 2 is 2.40 bits per heavy atom. The molecule has 0 N–H and O–H groups in total. The third kappa shape index (κ3) is 2.05. The largest absolute Gasteiger partial charge is 0.367 e. The molecule has 0 spiro atoms. The lowest BCUT2D eigenvalue weighted by atomic mass is 10.1. The molecule has 1 aromatic rings. The number of carbonyl (C=O) groups excluding carboxylic acids is 1. The molecule has 2 heterocycles. The van der Waals surface area contributed by atoms with Gasteiger partial charge >= 0.3 is 5.97 Å². The summed E-state index contributed by atoms with van der Waals surface area (Å²) in [7, 11) is 0. The number of oxime groups is 1. The van der Waals surface area contributed by atoms with E-state index in [-0.39, 0.29) is 5.88 Å². The van der Waals surface area contributed by atoms with E-state index in [1.807, 2.05) is 6.07 Å². The van der Waals surface area contributed by atoms with Crippen molar-refractivity contribution in [2.24, 2.45) is 5.16 Å². The van der Waals surface area contributed by atoms with E-state index >= 15 is 0 Å². The molecular weight excluding hydrogens is 216 g/mol. The van der Waals surface area contributed by atoms with Crippen LogP contribution in [0.4, 0.5) is 0 Å². The molecule has 0 fully saturated rings. The topological polar surface area (TPSA) is 51.5 Å². The van der Waals surface area contributed by atoms with Gasteiger partial charge in [-0.1, -0.05) is 11.2 Å². The summed E-state index contributed by atoms with van der Waals surface area (Å²) >= 11 is 5.61.